The van der Waals surface area contributed by atoms with Gasteiger partial charge in [-0.15, -0.1) is 0 Å². The minimum atomic E-state index is 0.723. The molecule has 6 aromatic carbocycles. The number of hydrogen-bond acceptors (Lipinski definition) is 2. The van der Waals surface area contributed by atoms with Crippen molar-refractivity contribution in [1.82, 2.24) is 4.98 Å². The summed E-state index contributed by atoms with van der Waals surface area (Å²) in [5.41, 5.74) is 5.68. The van der Waals surface area contributed by atoms with E-state index < -0.39 is 0 Å². The molecular weight excluding hydrogens is 643 g/mol. The number of aryl methyl sites for hydroxylation is 2. The van der Waals surface area contributed by atoms with E-state index in [1.807, 2.05) is 142 Å². The third kappa shape index (κ3) is 21.4. The maximum atomic E-state index is 5.26. The third-order valence-electron chi connectivity index (χ3n) is 6.21. The lowest BCUT2D eigenvalue weighted by molar-refractivity contribution is 0.561. The van der Waals surface area contributed by atoms with Gasteiger partial charge in [0.05, 0.1) is 0 Å². The Kier molecular flexibility index (Phi) is 41.7. The Balaban J connectivity index is -0.000000293. The van der Waals surface area contributed by atoms with E-state index in [1.54, 1.807) is 0 Å². The van der Waals surface area contributed by atoms with Crippen molar-refractivity contribution in [3.8, 4) is 11.1 Å². The smallest absolute Gasteiger partial charge is 0.192 e. The van der Waals surface area contributed by atoms with Crippen LogP contribution < -0.4 is 0 Å². The second kappa shape index (κ2) is 40.1. The zero-order valence-electron chi connectivity index (χ0n) is 37.1. The fraction of sp³-hybridized carbons (Fsp3) is 0.353. The van der Waals surface area contributed by atoms with Crippen molar-refractivity contribution in [3.05, 3.63) is 151 Å². The number of oxazole rings is 1. The summed E-state index contributed by atoms with van der Waals surface area (Å²) in [6.07, 6.45) is 0. The predicted molar refractivity (Wildman–Crippen MR) is 248 cm³/mol. The van der Waals surface area contributed by atoms with Gasteiger partial charge in [-0.2, -0.15) is 0 Å². The molecule has 0 saturated carbocycles. The third-order valence-corrected chi connectivity index (χ3v) is 6.21. The molecule has 7 rings (SSSR count). The fourth-order valence-corrected chi connectivity index (χ4v) is 4.33. The molecule has 53 heavy (non-hydrogen) atoms. The number of benzene rings is 6. The summed E-state index contributed by atoms with van der Waals surface area (Å²) >= 11 is 0. The normalized spacial score (nSPS) is 8.19. The minimum absolute atomic E-state index is 0.723. The number of hydrogen-bond donors (Lipinski definition) is 0. The molecule has 0 amide bonds. The molecule has 0 aliphatic heterocycles. The van der Waals surface area contributed by atoms with Crippen LogP contribution >= 0.6 is 0 Å². The van der Waals surface area contributed by atoms with Crippen molar-refractivity contribution in [2.75, 3.05) is 0 Å². The summed E-state index contributed by atoms with van der Waals surface area (Å²) in [6.45, 7) is 36.0. The van der Waals surface area contributed by atoms with E-state index in [9.17, 15) is 0 Å². The second-order valence-corrected chi connectivity index (χ2v) is 8.94. The molecule has 0 radical (unpaired) electrons. The van der Waals surface area contributed by atoms with Crippen molar-refractivity contribution in [1.29, 1.82) is 0 Å². The molecule has 1 heterocycles. The van der Waals surface area contributed by atoms with E-state index in [1.165, 1.54) is 38.2 Å². The molecule has 0 unspecified atom stereocenters. The van der Waals surface area contributed by atoms with E-state index >= 15 is 0 Å². The van der Waals surface area contributed by atoms with Gasteiger partial charge in [0, 0.05) is 6.92 Å². The fourth-order valence-electron chi connectivity index (χ4n) is 4.33. The zero-order chi connectivity index (χ0) is 41.5. The molecular formula is C51H77NO. The van der Waals surface area contributed by atoms with Crippen molar-refractivity contribution >= 4 is 32.6 Å². The van der Waals surface area contributed by atoms with Crippen LogP contribution in [-0.2, 0) is 0 Å². The largest absolute Gasteiger partial charge is 0.441 e. The minimum Gasteiger partial charge on any atom is -0.441 e. The van der Waals surface area contributed by atoms with Crippen molar-refractivity contribution < 1.29 is 4.42 Å². The van der Waals surface area contributed by atoms with Gasteiger partial charge in [0.25, 0.3) is 0 Å². The first kappa shape index (κ1) is 55.1. The second-order valence-electron chi connectivity index (χ2n) is 8.94. The average molecular weight is 720 g/mol. The Bertz CT molecular complexity index is 1640. The maximum absolute atomic E-state index is 5.26. The van der Waals surface area contributed by atoms with E-state index in [-0.39, 0.29) is 0 Å². The van der Waals surface area contributed by atoms with Gasteiger partial charge in [0.1, 0.15) is 5.52 Å². The number of fused-ring (bicyclic) bond motifs is 3. The van der Waals surface area contributed by atoms with Gasteiger partial charge in [0.2, 0.25) is 0 Å². The number of aromatic nitrogens is 1. The van der Waals surface area contributed by atoms with E-state index in [2.05, 4.69) is 127 Å². The lowest BCUT2D eigenvalue weighted by Crippen LogP contribution is -1.81. The Labute approximate surface area is 327 Å². The van der Waals surface area contributed by atoms with Crippen molar-refractivity contribution in [2.24, 2.45) is 0 Å². The van der Waals surface area contributed by atoms with Crippen LogP contribution in [0.25, 0.3) is 43.8 Å². The summed E-state index contributed by atoms with van der Waals surface area (Å²) in [6, 6.07) is 48.2. The topological polar surface area (TPSA) is 26.0 Å². The summed E-state index contributed by atoms with van der Waals surface area (Å²) < 4.78 is 5.26. The molecule has 2 heteroatoms. The Morgan fingerprint density at radius 3 is 1.19 bits per heavy atom. The highest BCUT2D eigenvalue weighted by molar-refractivity contribution is 5.96. The molecule has 0 saturated heterocycles. The Morgan fingerprint density at radius 2 is 0.736 bits per heavy atom. The molecule has 7 aromatic rings. The van der Waals surface area contributed by atoms with E-state index in [0.717, 1.165) is 17.0 Å². The number of rotatable bonds is 1. The number of nitrogens with zero attached hydrogens (tertiary/aromatic N) is 1. The van der Waals surface area contributed by atoms with Gasteiger partial charge >= 0.3 is 0 Å². The van der Waals surface area contributed by atoms with Gasteiger partial charge in [-0.1, -0.05) is 244 Å². The summed E-state index contributed by atoms with van der Waals surface area (Å²) in [5, 5.41) is 5.24. The molecule has 0 aliphatic carbocycles. The molecule has 1 aromatic heterocycles. The highest BCUT2D eigenvalue weighted by Gasteiger charge is 2.02. The lowest BCUT2D eigenvalue weighted by Gasteiger charge is -2.07. The molecule has 0 N–H and O–H groups in total. The van der Waals surface area contributed by atoms with Crippen LogP contribution in [0.4, 0.5) is 0 Å². The van der Waals surface area contributed by atoms with E-state index in [4.69, 9.17) is 4.42 Å². The molecule has 0 fully saturated rings. The van der Waals surface area contributed by atoms with E-state index in [0.29, 0.717) is 0 Å². The van der Waals surface area contributed by atoms with Crippen LogP contribution in [0.2, 0.25) is 0 Å². The van der Waals surface area contributed by atoms with Crippen LogP contribution in [0.3, 0.4) is 0 Å². The van der Waals surface area contributed by atoms with Gasteiger partial charge in [-0.05, 0) is 51.7 Å². The van der Waals surface area contributed by atoms with Gasteiger partial charge in [0.15, 0.2) is 11.5 Å². The maximum Gasteiger partial charge on any atom is 0.192 e. The molecule has 292 valence electrons. The lowest BCUT2D eigenvalue weighted by atomic mass is 9.98. The molecule has 0 atom stereocenters. The average Bonchev–Trinajstić information content (AvgIpc) is 3.67. The number of para-hydroxylation sites is 2. The standard InChI is InChI=1S/C17H14.C10H8.C8H7NO.8C2H6/c1-13-9-11-15(12-10-13)17-8-4-6-14-5-2-3-7-16(14)17;1-2-6-10-8-4-3-7-9(10)5-1;1-6-9-7-4-2-3-5-8(7)10-6;8*1-2/h2-12H,1H3;1-8H;2-5H,1H3;8*1-2H3. The van der Waals surface area contributed by atoms with Crippen molar-refractivity contribution in [2.45, 2.75) is 125 Å². The predicted octanol–water partition coefficient (Wildman–Crippen LogP) is 18.0. The summed E-state index contributed by atoms with van der Waals surface area (Å²) in [5.74, 6) is 0.723. The highest BCUT2D eigenvalue weighted by atomic mass is 16.3. The van der Waals surface area contributed by atoms with Crippen LogP contribution in [0, 0.1) is 13.8 Å². The first-order valence-electron chi connectivity index (χ1n) is 20.5. The Morgan fingerprint density at radius 1 is 0.358 bits per heavy atom. The summed E-state index contributed by atoms with van der Waals surface area (Å²) in [7, 11) is 0. The molecule has 0 spiro atoms. The van der Waals surface area contributed by atoms with Crippen LogP contribution in [0.15, 0.2) is 144 Å². The molecule has 0 bridgehead atoms. The summed E-state index contributed by atoms with van der Waals surface area (Å²) in [4.78, 5) is 4.15. The van der Waals surface area contributed by atoms with Crippen LogP contribution in [-0.4, -0.2) is 4.98 Å². The first-order chi connectivity index (χ1) is 26.2. The quantitative estimate of drug-likeness (QED) is 0.169. The van der Waals surface area contributed by atoms with Gasteiger partial charge in [-0.3, -0.25) is 0 Å². The zero-order valence-corrected chi connectivity index (χ0v) is 37.1. The first-order valence-corrected chi connectivity index (χ1v) is 20.5. The molecule has 0 aliphatic rings. The van der Waals surface area contributed by atoms with Crippen LogP contribution in [0.5, 0.6) is 0 Å². The Hall–Kier alpha value is -4.69. The highest BCUT2D eigenvalue weighted by Crippen LogP contribution is 2.28. The van der Waals surface area contributed by atoms with Gasteiger partial charge in [-0.25, -0.2) is 4.98 Å². The van der Waals surface area contributed by atoms with Crippen LogP contribution in [0.1, 0.15) is 122 Å². The molecule has 2 nitrogen and oxygen atoms in total. The SMILES string of the molecule is CC.CC.CC.CC.CC.CC.CC.CC.Cc1ccc(-c2cccc3ccccc23)cc1.Cc1nc2ccccc2o1.c1ccc2ccccc2c1. The van der Waals surface area contributed by atoms with Crippen molar-refractivity contribution in [3.63, 3.8) is 0 Å². The monoisotopic (exact) mass is 720 g/mol. The van der Waals surface area contributed by atoms with Gasteiger partial charge < -0.3 is 4.42 Å².